The highest BCUT2D eigenvalue weighted by atomic mass is 35.5. The van der Waals surface area contributed by atoms with E-state index in [2.05, 4.69) is 15.3 Å². The predicted octanol–water partition coefficient (Wildman–Crippen LogP) is 3.99. The minimum atomic E-state index is -0.518. The van der Waals surface area contributed by atoms with E-state index in [4.69, 9.17) is 31.8 Å². The number of hydrogen-bond donors (Lipinski definition) is 2. The topological polar surface area (TPSA) is 99.6 Å². The largest absolute Gasteiger partial charge is 0.489 e. The van der Waals surface area contributed by atoms with Crippen molar-refractivity contribution in [3.63, 3.8) is 0 Å². The minimum absolute atomic E-state index is 0.266. The molecule has 3 N–H and O–H groups in total. The summed E-state index contributed by atoms with van der Waals surface area (Å²) < 4.78 is 13.7. The number of aliphatic imine (C=N–C) groups is 1. The van der Waals surface area contributed by atoms with Gasteiger partial charge in [-0.15, -0.1) is 0 Å². The molecule has 0 saturated carbocycles. The molecule has 0 amide bonds. The number of anilines is 1. The lowest BCUT2D eigenvalue weighted by Gasteiger charge is -2.24. The fourth-order valence-electron chi connectivity index (χ4n) is 4.15. The lowest BCUT2D eigenvalue weighted by molar-refractivity contribution is 0.297. The summed E-state index contributed by atoms with van der Waals surface area (Å²) in [6.45, 7) is 3.23. The van der Waals surface area contributed by atoms with E-state index in [-0.39, 0.29) is 5.96 Å². The molecule has 1 unspecified atom stereocenters. The highest BCUT2D eigenvalue weighted by Crippen LogP contribution is 2.40. The molecule has 0 saturated heterocycles. The van der Waals surface area contributed by atoms with Crippen LogP contribution in [0.4, 0.5) is 5.95 Å². The maximum absolute atomic E-state index is 6.66. The van der Waals surface area contributed by atoms with Gasteiger partial charge in [0.2, 0.25) is 5.95 Å². The number of nitrogens with two attached hydrogens (primary N) is 1. The summed E-state index contributed by atoms with van der Waals surface area (Å²) in [6.07, 6.45) is 0.316. The van der Waals surface area contributed by atoms with Gasteiger partial charge >= 0.3 is 0 Å². The van der Waals surface area contributed by atoms with Gasteiger partial charge in [0.05, 0.1) is 29.8 Å². The highest BCUT2D eigenvalue weighted by Gasteiger charge is 2.29. The Morgan fingerprint density at radius 3 is 2.77 bits per heavy atom. The smallest absolute Gasteiger partial charge is 0.212 e. The van der Waals surface area contributed by atoms with Gasteiger partial charge in [-0.25, -0.2) is 15.0 Å². The lowest BCUT2D eigenvalue weighted by Crippen LogP contribution is -2.31. The number of ether oxygens (including phenoxy) is 2. The van der Waals surface area contributed by atoms with Crippen LogP contribution in [-0.2, 0) is 0 Å². The zero-order valence-electron chi connectivity index (χ0n) is 16.7. The van der Waals surface area contributed by atoms with Gasteiger partial charge in [0.25, 0.3) is 0 Å². The number of fused-ring (bicyclic) bond motifs is 5. The molecule has 1 atom stereocenters. The number of hydrogen-bond acceptors (Lipinski definition) is 7. The number of imidazole rings is 1. The fraction of sp³-hybridized carbons (Fsp3) is 0.227. The number of para-hydroxylation sites is 1. The Morgan fingerprint density at radius 1 is 1.13 bits per heavy atom. The van der Waals surface area contributed by atoms with Crippen molar-refractivity contribution in [1.82, 2.24) is 14.5 Å². The Bertz CT molecular complexity index is 1400. The molecule has 0 aliphatic carbocycles. The van der Waals surface area contributed by atoms with Crippen LogP contribution in [0, 0.1) is 6.92 Å². The Hall–Kier alpha value is -3.52. The molecule has 4 aromatic rings. The van der Waals surface area contributed by atoms with E-state index in [0.717, 1.165) is 39.5 Å². The van der Waals surface area contributed by atoms with Crippen LogP contribution < -0.4 is 20.5 Å². The van der Waals surface area contributed by atoms with Crippen LogP contribution in [-0.4, -0.2) is 33.7 Å². The molecule has 0 bridgehead atoms. The average Bonchev–Trinajstić information content (AvgIpc) is 2.93. The van der Waals surface area contributed by atoms with E-state index in [1.54, 1.807) is 0 Å². The van der Waals surface area contributed by atoms with Crippen LogP contribution in [0.3, 0.4) is 0 Å². The first kappa shape index (κ1) is 18.3. The predicted molar refractivity (Wildman–Crippen MR) is 120 cm³/mol. The molecule has 31 heavy (non-hydrogen) atoms. The van der Waals surface area contributed by atoms with Gasteiger partial charge in [-0.3, -0.25) is 9.88 Å². The number of rotatable bonds is 1. The van der Waals surface area contributed by atoms with Gasteiger partial charge in [-0.2, -0.15) is 0 Å². The van der Waals surface area contributed by atoms with Gasteiger partial charge in [-0.05, 0) is 18.6 Å². The molecular formula is C22H19ClN6O2. The van der Waals surface area contributed by atoms with Crippen LogP contribution in [0.1, 0.15) is 23.7 Å². The number of aromatic nitrogens is 3. The first-order valence-corrected chi connectivity index (χ1v) is 10.4. The molecule has 9 heteroatoms. The van der Waals surface area contributed by atoms with Crippen molar-refractivity contribution in [3.05, 3.63) is 52.7 Å². The van der Waals surface area contributed by atoms with Crippen molar-refractivity contribution in [1.29, 1.82) is 0 Å². The van der Waals surface area contributed by atoms with Gasteiger partial charge in [0, 0.05) is 29.5 Å². The Labute approximate surface area is 182 Å². The SMILES string of the molecule is Cc1cccc2cc(C3N=C(N)Nc4nc5cc6c(cc5n43)OCCCO6)c(Cl)nc12. The molecule has 0 radical (unpaired) electrons. The molecule has 2 aromatic carbocycles. The number of benzene rings is 2. The van der Waals surface area contributed by atoms with Crippen molar-refractivity contribution >= 4 is 45.4 Å². The van der Waals surface area contributed by atoms with Gasteiger partial charge in [0.15, 0.2) is 23.6 Å². The van der Waals surface area contributed by atoms with E-state index in [9.17, 15) is 0 Å². The van der Waals surface area contributed by atoms with E-state index >= 15 is 0 Å². The first-order valence-electron chi connectivity index (χ1n) is 10.1. The lowest BCUT2D eigenvalue weighted by atomic mass is 10.1. The molecular weight excluding hydrogens is 416 g/mol. The van der Waals surface area contributed by atoms with Crippen LogP contribution >= 0.6 is 11.6 Å². The van der Waals surface area contributed by atoms with E-state index in [1.165, 1.54) is 0 Å². The minimum Gasteiger partial charge on any atom is -0.489 e. The quantitative estimate of drug-likeness (QED) is 0.439. The normalized spacial score (nSPS) is 17.7. The number of guanidine groups is 1. The summed E-state index contributed by atoms with van der Waals surface area (Å²) in [7, 11) is 0. The Balaban J connectivity index is 1.58. The van der Waals surface area contributed by atoms with Crippen molar-refractivity contribution in [2.24, 2.45) is 10.7 Å². The van der Waals surface area contributed by atoms with Crippen molar-refractivity contribution < 1.29 is 9.47 Å². The molecule has 0 spiro atoms. The van der Waals surface area contributed by atoms with Crippen molar-refractivity contribution in [2.75, 3.05) is 18.5 Å². The fourth-order valence-corrected chi connectivity index (χ4v) is 4.39. The summed E-state index contributed by atoms with van der Waals surface area (Å²) in [5.74, 6) is 2.22. The number of aryl methyl sites for hydroxylation is 1. The van der Waals surface area contributed by atoms with Crippen LogP contribution in [0.15, 0.2) is 41.4 Å². The molecule has 156 valence electrons. The monoisotopic (exact) mass is 434 g/mol. The summed E-state index contributed by atoms with van der Waals surface area (Å²) in [6, 6.07) is 11.9. The van der Waals surface area contributed by atoms with E-state index in [1.807, 2.05) is 47.9 Å². The second-order valence-electron chi connectivity index (χ2n) is 7.67. The van der Waals surface area contributed by atoms with Gasteiger partial charge in [-0.1, -0.05) is 29.8 Å². The van der Waals surface area contributed by atoms with Gasteiger partial charge in [0.1, 0.15) is 5.15 Å². The highest BCUT2D eigenvalue weighted by molar-refractivity contribution is 6.30. The zero-order valence-corrected chi connectivity index (χ0v) is 17.5. The molecule has 4 heterocycles. The first-order chi connectivity index (χ1) is 15.1. The number of halogens is 1. The van der Waals surface area contributed by atoms with Crippen LogP contribution in [0.2, 0.25) is 5.15 Å². The Morgan fingerprint density at radius 2 is 1.94 bits per heavy atom. The summed E-state index contributed by atoms with van der Waals surface area (Å²) >= 11 is 6.66. The molecule has 2 aromatic heterocycles. The van der Waals surface area contributed by atoms with Crippen LogP contribution in [0.5, 0.6) is 11.5 Å². The molecule has 8 nitrogen and oxygen atoms in total. The summed E-state index contributed by atoms with van der Waals surface area (Å²) in [4.78, 5) is 14.0. The third kappa shape index (κ3) is 2.86. The Kier molecular flexibility index (Phi) is 3.97. The third-order valence-electron chi connectivity index (χ3n) is 5.61. The maximum atomic E-state index is 6.66. The summed E-state index contributed by atoms with van der Waals surface area (Å²) in [5.41, 5.74) is 10.4. The number of nitrogens with one attached hydrogen (secondary N) is 1. The average molecular weight is 435 g/mol. The number of nitrogens with zero attached hydrogens (tertiary/aromatic N) is 4. The third-order valence-corrected chi connectivity index (χ3v) is 5.91. The van der Waals surface area contributed by atoms with Crippen molar-refractivity contribution in [2.45, 2.75) is 19.5 Å². The second kappa shape index (κ2) is 6.75. The van der Waals surface area contributed by atoms with Crippen molar-refractivity contribution in [3.8, 4) is 11.5 Å². The summed E-state index contributed by atoms with van der Waals surface area (Å²) in [5, 5.41) is 4.42. The van der Waals surface area contributed by atoms with Crippen LogP contribution in [0.25, 0.3) is 21.9 Å². The molecule has 6 rings (SSSR count). The number of pyridine rings is 1. The second-order valence-corrected chi connectivity index (χ2v) is 8.03. The molecule has 2 aliphatic heterocycles. The molecule has 2 aliphatic rings. The van der Waals surface area contributed by atoms with Gasteiger partial charge < -0.3 is 15.2 Å². The maximum Gasteiger partial charge on any atom is 0.212 e. The van der Waals surface area contributed by atoms with E-state index in [0.29, 0.717) is 35.8 Å². The standard InChI is InChI=1S/C22H19ClN6O2/c1-11-4-2-5-12-8-13(19(23)26-18(11)12)20-27-21(24)28-22-25-14-9-16-17(10-15(14)29(20)22)31-7-3-6-30-16/h2,4-5,8-10,20H,3,6-7H2,1H3,(H3,24,25,27,28). The molecule has 0 fully saturated rings. The van der Waals surface area contributed by atoms with E-state index < -0.39 is 6.17 Å². The zero-order chi connectivity index (χ0) is 21.1.